The summed E-state index contributed by atoms with van der Waals surface area (Å²) in [6.45, 7) is 3.09. The van der Waals surface area contributed by atoms with Crippen molar-refractivity contribution >= 4 is 23.4 Å². The second-order valence-electron chi connectivity index (χ2n) is 5.35. The fraction of sp³-hybridized carbons (Fsp3) is 0.571. The van der Waals surface area contributed by atoms with Gasteiger partial charge in [0, 0.05) is 12.7 Å². The van der Waals surface area contributed by atoms with Crippen molar-refractivity contribution in [3.05, 3.63) is 22.6 Å². The van der Waals surface area contributed by atoms with Crippen molar-refractivity contribution in [1.82, 2.24) is 14.5 Å². The summed E-state index contributed by atoms with van der Waals surface area (Å²) >= 11 is 5.42. The van der Waals surface area contributed by atoms with Crippen LogP contribution in [0.2, 0.25) is 0 Å². The molecule has 96 valence electrons. The van der Waals surface area contributed by atoms with Crippen LogP contribution in [-0.4, -0.2) is 14.5 Å². The standard InChI is InChI=1S/C14H19N3S/c1-10-6-8-15-13-12(10)16-14(18)17(13)9-7-11-4-2-3-5-11/h6,8,11H,2-5,7,9H2,1H3,(H,16,18). The predicted molar refractivity (Wildman–Crippen MR) is 76.2 cm³/mol. The van der Waals surface area contributed by atoms with Crippen LogP contribution in [0.1, 0.15) is 37.7 Å². The first kappa shape index (κ1) is 11.9. The van der Waals surface area contributed by atoms with Crippen molar-refractivity contribution < 1.29 is 0 Å². The summed E-state index contributed by atoms with van der Waals surface area (Å²) in [7, 11) is 0. The number of hydrogen-bond donors (Lipinski definition) is 1. The van der Waals surface area contributed by atoms with E-state index in [1.54, 1.807) is 0 Å². The number of aromatic nitrogens is 3. The molecule has 2 heterocycles. The van der Waals surface area contributed by atoms with Crippen molar-refractivity contribution in [3.63, 3.8) is 0 Å². The number of nitrogens with one attached hydrogen (secondary N) is 1. The number of aromatic amines is 1. The molecule has 1 fully saturated rings. The average Bonchev–Trinajstić information content (AvgIpc) is 2.95. The molecule has 0 atom stereocenters. The lowest BCUT2D eigenvalue weighted by Crippen LogP contribution is -2.04. The number of fused-ring (bicyclic) bond motifs is 1. The maximum Gasteiger partial charge on any atom is 0.179 e. The lowest BCUT2D eigenvalue weighted by atomic mass is 10.0. The van der Waals surface area contributed by atoms with Crippen LogP contribution in [0.5, 0.6) is 0 Å². The van der Waals surface area contributed by atoms with Crippen LogP contribution in [0, 0.1) is 17.6 Å². The topological polar surface area (TPSA) is 33.6 Å². The summed E-state index contributed by atoms with van der Waals surface area (Å²) in [6, 6.07) is 2.02. The Bertz CT molecular complexity index is 605. The molecular formula is C14H19N3S. The molecule has 18 heavy (non-hydrogen) atoms. The average molecular weight is 261 g/mol. The zero-order valence-corrected chi connectivity index (χ0v) is 11.6. The fourth-order valence-corrected chi connectivity index (χ4v) is 3.27. The van der Waals surface area contributed by atoms with Crippen LogP contribution in [0.3, 0.4) is 0 Å². The summed E-state index contributed by atoms with van der Waals surface area (Å²) < 4.78 is 2.97. The van der Waals surface area contributed by atoms with E-state index in [-0.39, 0.29) is 0 Å². The molecule has 0 spiro atoms. The summed E-state index contributed by atoms with van der Waals surface area (Å²) in [4.78, 5) is 7.76. The zero-order chi connectivity index (χ0) is 12.5. The van der Waals surface area contributed by atoms with E-state index >= 15 is 0 Å². The molecule has 0 amide bonds. The molecule has 0 saturated heterocycles. The summed E-state index contributed by atoms with van der Waals surface area (Å²) in [6.07, 6.45) is 8.69. The molecule has 3 nitrogen and oxygen atoms in total. The van der Waals surface area contributed by atoms with Gasteiger partial charge in [0.2, 0.25) is 0 Å². The molecule has 2 aromatic rings. The van der Waals surface area contributed by atoms with Crippen LogP contribution < -0.4 is 0 Å². The summed E-state index contributed by atoms with van der Waals surface area (Å²) in [5, 5.41) is 0. The highest BCUT2D eigenvalue weighted by Crippen LogP contribution is 2.28. The molecule has 0 bridgehead atoms. The van der Waals surface area contributed by atoms with Crippen molar-refractivity contribution in [3.8, 4) is 0 Å². The van der Waals surface area contributed by atoms with Gasteiger partial charge in [0.1, 0.15) is 0 Å². The highest BCUT2D eigenvalue weighted by molar-refractivity contribution is 7.71. The van der Waals surface area contributed by atoms with Crippen molar-refractivity contribution in [1.29, 1.82) is 0 Å². The Hall–Kier alpha value is -1.16. The van der Waals surface area contributed by atoms with Crippen LogP contribution in [0.4, 0.5) is 0 Å². The van der Waals surface area contributed by atoms with Gasteiger partial charge < -0.3 is 9.55 Å². The molecule has 0 aromatic carbocycles. The Labute approximate surface area is 112 Å². The van der Waals surface area contributed by atoms with E-state index in [1.165, 1.54) is 37.7 Å². The number of aryl methyl sites for hydroxylation is 2. The number of H-pyrrole nitrogens is 1. The van der Waals surface area contributed by atoms with Crippen molar-refractivity contribution in [2.45, 2.75) is 45.6 Å². The minimum Gasteiger partial charge on any atom is -0.329 e. The van der Waals surface area contributed by atoms with Gasteiger partial charge in [-0.05, 0) is 43.1 Å². The number of pyridine rings is 1. The second kappa shape index (κ2) is 4.84. The quantitative estimate of drug-likeness (QED) is 0.848. The number of hydrogen-bond acceptors (Lipinski definition) is 2. The molecule has 3 rings (SSSR count). The molecule has 1 aliphatic carbocycles. The highest BCUT2D eigenvalue weighted by atomic mass is 32.1. The molecule has 0 aliphatic heterocycles. The predicted octanol–water partition coefficient (Wildman–Crippen LogP) is 3.98. The van der Waals surface area contributed by atoms with E-state index in [4.69, 9.17) is 12.2 Å². The monoisotopic (exact) mass is 261 g/mol. The van der Waals surface area contributed by atoms with Gasteiger partial charge in [-0.25, -0.2) is 4.98 Å². The van der Waals surface area contributed by atoms with Gasteiger partial charge in [-0.2, -0.15) is 0 Å². The molecule has 1 saturated carbocycles. The molecular weight excluding hydrogens is 242 g/mol. The van der Waals surface area contributed by atoms with Crippen LogP contribution >= 0.6 is 12.2 Å². The number of rotatable bonds is 3. The zero-order valence-electron chi connectivity index (χ0n) is 10.8. The van der Waals surface area contributed by atoms with Crippen molar-refractivity contribution in [2.24, 2.45) is 5.92 Å². The largest absolute Gasteiger partial charge is 0.329 e. The van der Waals surface area contributed by atoms with Crippen molar-refractivity contribution in [2.75, 3.05) is 0 Å². The molecule has 4 heteroatoms. The van der Waals surface area contributed by atoms with E-state index in [9.17, 15) is 0 Å². The van der Waals surface area contributed by atoms with Gasteiger partial charge in [-0.1, -0.05) is 25.7 Å². The maximum atomic E-state index is 5.42. The smallest absolute Gasteiger partial charge is 0.179 e. The molecule has 1 N–H and O–H groups in total. The van der Waals surface area contributed by atoms with E-state index in [2.05, 4.69) is 21.5 Å². The van der Waals surface area contributed by atoms with Gasteiger partial charge >= 0.3 is 0 Å². The van der Waals surface area contributed by atoms with E-state index < -0.39 is 0 Å². The minimum absolute atomic E-state index is 0.810. The molecule has 0 unspecified atom stereocenters. The van der Waals surface area contributed by atoms with E-state index in [1.807, 2.05) is 12.3 Å². The lowest BCUT2D eigenvalue weighted by Gasteiger charge is -2.09. The Morgan fingerprint density at radius 2 is 2.22 bits per heavy atom. The minimum atomic E-state index is 0.810. The third kappa shape index (κ3) is 2.09. The normalized spacial score (nSPS) is 16.7. The van der Waals surface area contributed by atoms with Crippen LogP contribution in [0.25, 0.3) is 11.2 Å². The number of nitrogens with zero attached hydrogens (tertiary/aromatic N) is 2. The fourth-order valence-electron chi connectivity index (χ4n) is 2.99. The van der Waals surface area contributed by atoms with Gasteiger partial charge in [-0.15, -0.1) is 0 Å². The maximum absolute atomic E-state index is 5.42. The summed E-state index contributed by atoms with van der Waals surface area (Å²) in [5.74, 6) is 0.890. The number of imidazole rings is 1. The Kier molecular flexibility index (Phi) is 3.20. The van der Waals surface area contributed by atoms with E-state index in [0.717, 1.165) is 28.4 Å². The highest BCUT2D eigenvalue weighted by Gasteiger charge is 2.16. The molecule has 0 radical (unpaired) electrons. The van der Waals surface area contributed by atoms with Gasteiger partial charge in [-0.3, -0.25) is 0 Å². The first-order valence-electron chi connectivity index (χ1n) is 6.80. The third-order valence-electron chi connectivity index (χ3n) is 4.11. The summed E-state index contributed by atoms with van der Waals surface area (Å²) in [5.41, 5.74) is 3.32. The molecule has 2 aromatic heterocycles. The van der Waals surface area contributed by atoms with Gasteiger partial charge in [0.15, 0.2) is 10.4 Å². The first-order valence-corrected chi connectivity index (χ1v) is 7.20. The Morgan fingerprint density at radius 1 is 1.44 bits per heavy atom. The lowest BCUT2D eigenvalue weighted by molar-refractivity contribution is 0.460. The molecule has 1 aliphatic rings. The van der Waals surface area contributed by atoms with Gasteiger partial charge in [0.05, 0.1) is 5.52 Å². The van der Waals surface area contributed by atoms with Crippen LogP contribution in [0.15, 0.2) is 12.3 Å². The van der Waals surface area contributed by atoms with Gasteiger partial charge in [0.25, 0.3) is 0 Å². The van der Waals surface area contributed by atoms with Crippen LogP contribution in [-0.2, 0) is 6.54 Å². The Balaban J connectivity index is 1.89. The first-order chi connectivity index (χ1) is 8.75. The SMILES string of the molecule is Cc1ccnc2c1[nH]c(=S)n2CCC1CCCC1. The third-order valence-corrected chi connectivity index (χ3v) is 4.43. The van der Waals surface area contributed by atoms with E-state index in [0.29, 0.717) is 0 Å². The second-order valence-corrected chi connectivity index (χ2v) is 5.73. The Morgan fingerprint density at radius 3 is 3.00 bits per heavy atom.